The highest BCUT2D eigenvalue weighted by atomic mass is 35.5. The Bertz CT molecular complexity index is 797. The number of nitrogens with one attached hydrogen (secondary N) is 1. The maximum atomic E-state index is 13.6. The standard InChI is InChI=1S/C16H9Cl2FN2O/c17-12-5-3-7-14(15(12)18)21-16(22)11(9-20)8-10-4-1-2-6-13(10)19/h1-8H,(H,21,22)/b11-8+. The molecule has 0 unspecified atom stereocenters. The van der Waals surface area contributed by atoms with Crippen LogP contribution in [0.1, 0.15) is 5.56 Å². The van der Waals surface area contributed by atoms with Crippen LogP contribution < -0.4 is 5.32 Å². The van der Waals surface area contributed by atoms with Gasteiger partial charge in [0.1, 0.15) is 17.5 Å². The summed E-state index contributed by atoms with van der Waals surface area (Å²) in [6.07, 6.45) is 1.17. The third-order valence-corrected chi connectivity index (χ3v) is 3.59. The largest absolute Gasteiger partial charge is 0.320 e. The van der Waals surface area contributed by atoms with Crippen molar-refractivity contribution in [1.82, 2.24) is 0 Å². The minimum absolute atomic E-state index is 0.145. The lowest BCUT2D eigenvalue weighted by molar-refractivity contribution is -0.112. The van der Waals surface area contributed by atoms with E-state index in [9.17, 15) is 9.18 Å². The Hall–Kier alpha value is -2.35. The first-order chi connectivity index (χ1) is 10.5. The molecule has 22 heavy (non-hydrogen) atoms. The van der Waals surface area contributed by atoms with E-state index in [4.69, 9.17) is 28.5 Å². The zero-order valence-electron chi connectivity index (χ0n) is 11.1. The predicted molar refractivity (Wildman–Crippen MR) is 85.1 cm³/mol. The van der Waals surface area contributed by atoms with E-state index in [1.165, 1.54) is 24.3 Å². The molecule has 110 valence electrons. The fourth-order valence-corrected chi connectivity index (χ4v) is 2.03. The SMILES string of the molecule is N#C/C(=C\c1ccccc1F)C(=O)Nc1cccc(Cl)c1Cl. The summed E-state index contributed by atoms with van der Waals surface area (Å²) < 4.78 is 13.6. The molecule has 3 nitrogen and oxygen atoms in total. The quantitative estimate of drug-likeness (QED) is 0.654. The van der Waals surface area contributed by atoms with Crippen molar-refractivity contribution in [2.45, 2.75) is 0 Å². The summed E-state index contributed by atoms with van der Waals surface area (Å²) in [5, 5.41) is 12.0. The van der Waals surface area contributed by atoms with Gasteiger partial charge in [0.05, 0.1) is 15.7 Å². The lowest BCUT2D eigenvalue weighted by atomic mass is 10.1. The Labute approximate surface area is 136 Å². The number of anilines is 1. The fraction of sp³-hybridized carbons (Fsp3) is 0. The Balaban J connectivity index is 2.29. The monoisotopic (exact) mass is 334 g/mol. The van der Waals surface area contributed by atoms with Crippen LogP contribution in [0.5, 0.6) is 0 Å². The smallest absolute Gasteiger partial charge is 0.266 e. The molecular weight excluding hydrogens is 326 g/mol. The van der Waals surface area contributed by atoms with E-state index in [2.05, 4.69) is 5.32 Å². The van der Waals surface area contributed by atoms with Crippen LogP contribution in [0.15, 0.2) is 48.0 Å². The van der Waals surface area contributed by atoms with Gasteiger partial charge in [0.15, 0.2) is 0 Å². The molecule has 2 rings (SSSR count). The van der Waals surface area contributed by atoms with Crippen molar-refractivity contribution in [2.75, 3.05) is 5.32 Å². The second kappa shape index (κ2) is 7.08. The lowest BCUT2D eigenvalue weighted by Gasteiger charge is -2.07. The number of rotatable bonds is 3. The predicted octanol–water partition coefficient (Wildman–Crippen LogP) is 4.68. The molecule has 2 aromatic carbocycles. The molecule has 0 aliphatic rings. The first kappa shape index (κ1) is 16.0. The maximum absolute atomic E-state index is 13.6. The van der Waals surface area contributed by atoms with Crippen molar-refractivity contribution in [1.29, 1.82) is 5.26 Å². The maximum Gasteiger partial charge on any atom is 0.266 e. The van der Waals surface area contributed by atoms with Crippen LogP contribution in [0.25, 0.3) is 6.08 Å². The number of carbonyl (C=O) groups excluding carboxylic acids is 1. The molecule has 1 N–H and O–H groups in total. The van der Waals surface area contributed by atoms with Gasteiger partial charge in [-0.25, -0.2) is 4.39 Å². The summed E-state index contributed by atoms with van der Waals surface area (Å²) in [5.41, 5.74) is 0.168. The van der Waals surface area contributed by atoms with Crippen molar-refractivity contribution in [3.05, 3.63) is 69.5 Å². The highest BCUT2D eigenvalue weighted by Crippen LogP contribution is 2.29. The fourth-order valence-electron chi connectivity index (χ4n) is 1.69. The topological polar surface area (TPSA) is 52.9 Å². The van der Waals surface area contributed by atoms with Gasteiger partial charge in [-0.1, -0.05) is 47.5 Å². The molecule has 0 atom stereocenters. The van der Waals surface area contributed by atoms with Gasteiger partial charge < -0.3 is 5.32 Å². The zero-order valence-corrected chi connectivity index (χ0v) is 12.6. The second-order valence-electron chi connectivity index (χ2n) is 4.25. The third kappa shape index (κ3) is 3.64. The number of hydrogen-bond donors (Lipinski definition) is 1. The van der Waals surface area contributed by atoms with E-state index in [0.29, 0.717) is 0 Å². The van der Waals surface area contributed by atoms with Crippen LogP contribution in [0.3, 0.4) is 0 Å². The van der Waals surface area contributed by atoms with Gasteiger partial charge in [-0.2, -0.15) is 5.26 Å². The van der Waals surface area contributed by atoms with Crippen molar-refractivity contribution in [3.8, 4) is 6.07 Å². The molecule has 2 aromatic rings. The average molecular weight is 335 g/mol. The highest BCUT2D eigenvalue weighted by molar-refractivity contribution is 6.44. The summed E-state index contributed by atoms with van der Waals surface area (Å²) in [6.45, 7) is 0. The van der Waals surface area contributed by atoms with E-state index >= 15 is 0 Å². The molecule has 0 aromatic heterocycles. The lowest BCUT2D eigenvalue weighted by Crippen LogP contribution is -2.13. The molecule has 0 radical (unpaired) electrons. The van der Waals surface area contributed by atoms with Gasteiger partial charge in [0.2, 0.25) is 0 Å². The Morgan fingerprint density at radius 1 is 1.18 bits per heavy atom. The third-order valence-electron chi connectivity index (χ3n) is 2.77. The molecule has 0 bridgehead atoms. The van der Waals surface area contributed by atoms with Crippen LogP contribution in [0.2, 0.25) is 10.0 Å². The van der Waals surface area contributed by atoms with Crippen molar-refractivity contribution < 1.29 is 9.18 Å². The first-order valence-electron chi connectivity index (χ1n) is 6.14. The van der Waals surface area contributed by atoms with E-state index in [1.54, 1.807) is 30.3 Å². The van der Waals surface area contributed by atoms with Gasteiger partial charge in [-0.05, 0) is 24.3 Å². The first-order valence-corrected chi connectivity index (χ1v) is 6.90. The summed E-state index contributed by atoms with van der Waals surface area (Å²) in [6, 6.07) is 12.3. The van der Waals surface area contributed by atoms with E-state index in [0.717, 1.165) is 0 Å². The summed E-state index contributed by atoms with van der Waals surface area (Å²) in [5.74, 6) is -1.22. The molecule has 1 amide bonds. The van der Waals surface area contributed by atoms with Gasteiger partial charge in [0, 0.05) is 5.56 Å². The van der Waals surface area contributed by atoms with Crippen molar-refractivity contribution >= 4 is 40.9 Å². The normalized spacial score (nSPS) is 10.9. The van der Waals surface area contributed by atoms with Gasteiger partial charge in [0.25, 0.3) is 5.91 Å². The van der Waals surface area contributed by atoms with Crippen LogP contribution >= 0.6 is 23.2 Å². The molecule has 0 aliphatic carbocycles. The number of benzene rings is 2. The minimum Gasteiger partial charge on any atom is -0.320 e. The number of nitrogens with zero attached hydrogens (tertiary/aromatic N) is 1. The molecule has 0 aliphatic heterocycles. The zero-order chi connectivity index (χ0) is 16.1. The van der Waals surface area contributed by atoms with Crippen LogP contribution in [0, 0.1) is 17.1 Å². The molecule has 0 heterocycles. The highest BCUT2D eigenvalue weighted by Gasteiger charge is 2.13. The molecule has 0 spiro atoms. The van der Waals surface area contributed by atoms with Gasteiger partial charge in [-0.3, -0.25) is 4.79 Å². The molecular formula is C16H9Cl2FN2O. The van der Waals surface area contributed by atoms with Gasteiger partial charge >= 0.3 is 0 Å². The van der Waals surface area contributed by atoms with E-state index in [1.807, 2.05) is 0 Å². The number of amides is 1. The summed E-state index contributed by atoms with van der Waals surface area (Å²) in [7, 11) is 0. The molecule has 0 saturated heterocycles. The molecule has 0 fully saturated rings. The summed E-state index contributed by atoms with van der Waals surface area (Å²) >= 11 is 11.8. The van der Waals surface area contributed by atoms with Crippen LogP contribution in [0.4, 0.5) is 10.1 Å². The summed E-state index contributed by atoms with van der Waals surface area (Å²) in [4.78, 5) is 12.1. The van der Waals surface area contributed by atoms with E-state index < -0.39 is 11.7 Å². The Morgan fingerprint density at radius 3 is 2.59 bits per heavy atom. The van der Waals surface area contributed by atoms with E-state index in [-0.39, 0.29) is 26.9 Å². The minimum atomic E-state index is -0.699. The molecule has 6 heteroatoms. The molecule has 0 saturated carbocycles. The number of carbonyl (C=O) groups is 1. The Morgan fingerprint density at radius 2 is 1.91 bits per heavy atom. The second-order valence-corrected chi connectivity index (χ2v) is 5.03. The Kier molecular flexibility index (Phi) is 5.16. The number of nitriles is 1. The van der Waals surface area contributed by atoms with Crippen LogP contribution in [-0.4, -0.2) is 5.91 Å². The van der Waals surface area contributed by atoms with Crippen LogP contribution in [-0.2, 0) is 4.79 Å². The van der Waals surface area contributed by atoms with Crippen molar-refractivity contribution in [2.24, 2.45) is 0 Å². The number of hydrogen-bond acceptors (Lipinski definition) is 2. The number of halogens is 3. The van der Waals surface area contributed by atoms with Crippen molar-refractivity contribution in [3.63, 3.8) is 0 Å². The average Bonchev–Trinajstić information content (AvgIpc) is 2.51. The van der Waals surface area contributed by atoms with Gasteiger partial charge in [-0.15, -0.1) is 0 Å².